The van der Waals surface area contributed by atoms with Crippen molar-refractivity contribution in [3.8, 4) is 33.6 Å². The Balaban J connectivity index is 1.02. The average Bonchev–Trinajstić information content (AvgIpc) is 1.75. The van der Waals surface area contributed by atoms with Crippen molar-refractivity contribution in [3.63, 3.8) is 0 Å². The van der Waals surface area contributed by atoms with Crippen molar-refractivity contribution >= 4 is 83.0 Å². The Kier molecular flexibility index (Phi) is 11.6. The van der Waals surface area contributed by atoms with Crippen molar-refractivity contribution in [2.75, 3.05) is 0 Å². The largest absolute Gasteiger partial charge is 0.295 e. The number of imidazole rings is 5. The number of hydrogen-bond donors (Lipinski definition) is 0. The Hall–Kier alpha value is -8.49. The highest BCUT2D eigenvalue weighted by molar-refractivity contribution is 6.14. The molecule has 0 bridgehead atoms. The molecule has 0 atom stereocenters. The zero-order valence-electron chi connectivity index (χ0n) is 52.4. The van der Waals surface area contributed by atoms with Gasteiger partial charge in [-0.2, -0.15) is 0 Å². The molecule has 0 aliphatic carbocycles. The van der Waals surface area contributed by atoms with Crippen LogP contribution in [0, 0.1) is 0 Å². The minimum atomic E-state index is -0.159. The van der Waals surface area contributed by atoms with Gasteiger partial charge in [-0.1, -0.05) is 184 Å². The molecule has 0 fully saturated rings. The van der Waals surface area contributed by atoms with Crippen molar-refractivity contribution in [2.45, 2.75) is 157 Å². The van der Waals surface area contributed by atoms with Gasteiger partial charge in [0, 0.05) is 39.2 Å². The van der Waals surface area contributed by atoms with E-state index in [0.29, 0.717) is 35.5 Å². The zero-order chi connectivity index (χ0) is 59.2. The summed E-state index contributed by atoms with van der Waals surface area (Å²) >= 11 is 0. The van der Waals surface area contributed by atoms with E-state index in [-0.39, 0.29) is 10.8 Å². The Bertz CT molecular complexity index is 5090. The summed E-state index contributed by atoms with van der Waals surface area (Å²) in [6.07, 6.45) is 2.13. The van der Waals surface area contributed by atoms with Gasteiger partial charge in [0.15, 0.2) is 0 Å². The van der Waals surface area contributed by atoms with Crippen LogP contribution in [0.2, 0.25) is 0 Å². The predicted octanol–water partition coefficient (Wildman–Crippen LogP) is 20.8. The van der Waals surface area contributed by atoms with Gasteiger partial charge in [0.1, 0.15) is 5.65 Å². The van der Waals surface area contributed by atoms with E-state index in [2.05, 4.69) is 279 Å². The SMILES string of the molecule is CC(C)c1cc(C(C)C)c(-c2ccc3nc4n(-c5ccc6c(c5)n(-c5ccc7c(c5)c5ncc8n5c5c(cccc75)C(C)(C)C8(C)C)c5nc7ccccc7n65)c5ccc(-c6c(C(C)C)cc(C(C)C)cc6C(C)C)cc5n4c3c2)c(C(C)C)c1. The Labute approximate surface area is 498 Å². The molecular weight excluding hydrogens is 1040 g/mol. The van der Waals surface area contributed by atoms with Crippen LogP contribution in [0.4, 0.5) is 0 Å². The minimum Gasteiger partial charge on any atom is -0.295 e. The average molecular weight is 1120 g/mol. The van der Waals surface area contributed by atoms with E-state index in [0.717, 1.165) is 78.1 Å². The quantitative estimate of drug-likeness (QED) is 0.128. The standard InChI is InChI=1S/C77H78N8/c1-41(2)49-32-55(43(5)6)70(56(33-49)44(7)8)47-24-29-62-66(36-47)84-67-37-48(71-57(45(9)10)34-50(42(3)4)35-58(71)46(11)12)25-30-64(67)81(74(84)80-62)52-27-31-65-68(39-52)82(75-79-61-22-17-18-23-63(61)83(65)75)51-26-28-53-54-20-19-21-60-72(54)85-69(77(15,16)76(60,13)14)40-78-73(85)59(53)38-51/h17-46H,1-16H3. The highest BCUT2D eigenvalue weighted by atomic mass is 15.2. The van der Waals surface area contributed by atoms with Crippen LogP contribution in [-0.4, -0.2) is 37.3 Å². The first-order chi connectivity index (χ1) is 40.6. The molecule has 7 heterocycles. The van der Waals surface area contributed by atoms with Crippen LogP contribution >= 0.6 is 0 Å². The molecule has 1 aliphatic heterocycles. The number of hydrogen-bond acceptors (Lipinski definition) is 3. The number of benzene rings is 8. The molecule has 0 amide bonds. The highest BCUT2D eigenvalue weighted by Crippen LogP contribution is 2.52. The summed E-state index contributed by atoms with van der Waals surface area (Å²) < 4.78 is 12.0. The van der Waals surface area contributed by atoms with Crippen molar-refractivity contribution in [1.29, 1.82) is 0 Å². The molecule has 0 N–H and O–H groups in total. The van der Waals surface area contributed by atoms with Gasteiger partial charge >= 0.3 is 0 Å². The number of nitrogens with zero attached hydrogens (tertiary/aromatic N) is 8. The van der Waals surface area contributed by atoms with Gasteiger partial charge in [-0.25, -0.2) is 15.0 Å². The number of rotatable bonds is 10. The summed E-state index contributed by atoms with van der Waals surface area (Å²) in [5.41, 5.74) is 28.6. The molecule has 8 aromatic carbocycles. The number of aromatic nitrogens is 8. The van der Waals surface area contributed by atoms with Gasteiger partial charge < -0.3 is 0 Å². The Morgan fingerprint density at radius 1 is 0.376 bits per heavy atom. The van der Waals surface area contributed by atoms with Gasteiger partial charge in [0.05, 0.1) is 55.3 Å². The summed E-state index contributed by atoms with van der Waals surface area (Å²) in [5.74, 6) is 3.95. The van der Waals surface area contributed by atoms with E-state index in [4.69, 9.17) is 15.0 Å². The molecule has 0 radical (unpaired) electrons. The fourth-order valence-corrected chi connectivity index (χ4v) is 14.8. The van der Waals surface area contributed by atoms with E-state index in [1.54, 1.807) is 0 Å². The monoisotopic (exact) mass is 1110 g/mol. The van der Waals surface area contributed by atoms with E-state index < -0.39 is 0 Å². The topological polar surface area (TPSA) is 61.8 Å². The van der Waals surface area contributed by atoms with Crippen molar-refractivity contribution in [2.24, 2.45) is 0 Å². The smallest absolute Gasteiger partial charge is 0.220 e. The van der Waals surface area contributed by atoms with Crippen LogP contribution in [0.15, 0.2) is 146 Å². The molecule has 8 nitrogen and oxygen atoms in total. The minimum absolute atomic E-state index is 0.104. The van der Waals surface area contributed by atoms with Crippen LogP contribution in [0.25, 0.3) is 117 Å². The molecule has 14 aromatic rings. The molecule has 0 saturated carbocycles. The Morgan fingerprint density at radius 3 is 1.52 bits per heavy atom. The molecule has 15 rings (SSSR count). The van der Waals surface area contributed by atoms with Gasteiger partial charge in [0.2, 0.25) is 11.6 Å². The van der Waals surface area contributed by atoms with Crippen LogP contribution in [-0.2, 0) is 10.8 Å². The maximum absolute atomic E-state index is 5.69. The van der Waals surface area contributed by atoms with E-state index in [1.807, 2.05) is 0 Å². The van der Waals surface area contributed by atoms with Crippen LogP contribution in [0.3, 0.4) is 0 Å². The lowest BCUT2D eigenvalue weighted by Gasteiger charge is -2.45. The fraction of sp³-hybridized carbons (Fsp3) is 0.312. The zero-order valence-corrected chi connectivity index (χ0v) is 52.4. The molecule has 1 aliphatic rings. The molecule has 0 unspecified atom stereocenters. The first-order valence-electron chi connectivity index (χ1n) is 31.3. The maximum Gasteiger partial charge on any atom is 0.220 e. The summed E-state index contributed by atoms with van der Waals surface area (Å²) in [6, 6.07) is 53.5. The van der Waals surface area contributed by atoms with Crippen molar-refractivity contribution < 1.29 is 0 Å². The van der Waals surface area contributed by atoms with Gasteiger partial charge in [0.25, 0.3) is 0 Å². The van der Waals surface area contributed by atoms with Crippen LogP contribution in [0.5, 0.6) is 0 Å². The second kappa shape index (κ2) is 18.5. The van der Waals surface area contributed by atoms with Crippen LogP contribution < -0.4 is 0 Å². The highest BCUT2D eigenvalue weighted by Gasteiger charge is 2.46. The number of para-hydroxylation sites is 3. The first-order valence-corrected chi connectivity index (χ1v) is 31.3. The lowest BCUT2D eigenvalue weighted by atomic mass is 9.61. The molecule has 6 aromatic heterocycles. The molecule has 0 saturated heterocycles. The molecule has 0 spiro atoms. The molecular formula is C77H78N8. The summed E-state index contributed by atoms with van der Waals surface area (Å²) in [4.78, 5) is 16.5. The van der Waals surface area contributed by atoms with Gasteiger partial charge in [-0.15, -0.1) is 0 Å². The normalized spacial score (nSPS) is 14.5. The lowest BCUT2D eigenvalue weighted by molar-refractivity contribution is 0.288. The first kappa shape index (κ1) is 53.3. The number of pyridine rings is 1. The summed E-state index contributed by atoms with van der Waals surface area (Å²) in [7, 11) is 0. The third kappa shape index (κ3) is 7.42. The third-order valence-corrected chi connectivity index (χ3v) is 20.3. The van der Waals surface area contributed by atoms with Crippen molar-refractivity contribution in [1.82, 2.24) is 37.3 Å². The summed E-state index contributed by atoms with van der Waals surface area (Å²) in [5, 5.41) is 3.56. The second-order valence-corrected chi connectivity index (χ2v) is 27.8. The molecule has 426 valence electrons. The van der Waals surface area contributed by atoms with Crippen molar-refractivity contribution in [3.05, 3.63) is 190 Å². The number of fused-ring (bicyclic) bond motifs is 13. The predicted molar refractivity (Wildman–Crippen MR) is 358 cm³/mol. The lowest BCUT2D eigenvalue weighted by Crippen LogP contribution is -2.44. The van der Waals surface area contributed by atoms with E-state index in [1.165, 1.54) is 83.2 Å². The van der Waals surface area contributed by atoms with Gasteiger partial charge in [-0.3, -0.25) is 22.3 Å². The fourth-order valence-electron chi connectivity index (χ4n) is 14.8. The molecule has 85 heavy (non-hydrogen) atoms. The molecule has 8 heteroatoms. The second-order valence-electron chi connectivity index (χ2n) is 27.8. The Morgan fingerprint density at radius 2 is 0.906 bits per heavy atom. The van der Waals surface area contributed by atoms with E-state index in [9.17, 15) is 0 Å². The third-order valence-electron chi connectivity index (χ3n) is 20.3. The van der Waals surface area contributed by atoms with E-state index >= 15 is 0 Å². The van der Waals surface area contributed by atoms with Gasteiger partial charge in [-0.05, 0) is 169 Å². The maximum atomic E-state index is 5.69. The van der Waals surface area contributed by atoms with Crippen LogP contribution in [0.1, 0.15) is 191 Å². The summed E-state index contributed by atoms with van der Waals surface area (Å²) in [6.45, 7) is 37.6.